The average molecular weight is 315 g/mol. The van der Waals surface area contributed by atoms with Gasteiger partial charge in [-0.15, -0.1) is 0 Å². The van der Waals surface area contributed by atoms with E-state index < -0.39 is 0 Å². The van der Waals surface area contributed by atoms with Gasteiger partial charge in [0.2, 0.25) is 0 Å². The van der Waals surface area contributed by atoms with Crippen molar-refractivity contribution in [3.8, 4) is 0 Å². The number of hydrogen-bond donors (Lipinski definition) is 1. The maximum absolute atomic E-state index is 3.91. The molecule has 1 saturated heterocycles. The standard InChI is InChI=1S/C21H34N2/c1-17-12-21(22-13-19-9-4-3-5-10-19)16-23(14-17)15-20-11-7-6-8-18(20)2/h6-8,11,17,19,21-22H,3-5,9-10,12-16H2,1-2H3. The van der Waals surface area contributed by atoms with E-state index in [1.165, 1.54) is 69.3 Å². The summed E-state index contributed by atoms with van der Waals surface area (Å²) in [5, 5.41) is 3.91. The Kier molecular flexibility index (Phi) is 6.13. The normalized spacial score (nSPS) is 27.2. The van der Waals surface area contributed by atoms with Gasteiger partial charge in [0.25, 0.3) is 0 Å². The van der Waals surface area contributed by atoms with Crippen LogP contribution in [0.3, 0.4) is 0 Å². The lowest BCUT2D eigenvalue weighted by Crippen LogP contribution is -2.49. The van der Waals surface area contributed by atoms with Gasteiger partial charge in [0.05, 0.1) is 0 Å². The molecule has 2 aliphatic rings. The quantitative estimate of drug-likeness (QED) is 0.868. The van der Waals surface area contributed by atoms with E-state index in [0.717, 1.165) is 18.4 Å². The van der Waals surface area contributed by atoms with Crippen LogP contribution in [0.25, 0.3) is 0 Å². The predicted octanol–water partition coefficient (Wildman–Crippen LogP) is 4.38. The average Bonchev–Trinajstić information content (AvgIpc) is 2.56. The zero-order valence-corrected chi connectivity index (χ0v) is 15.1. The number of aryl methyl sites for hydroxylation is 1. The van der Waals surface area contributed by atoms with Gasteiger partial charge in [0, 0.05) is 25.7 Å². The van der Waals surface area contributed by atoms with Crippen LogP contribution in [0.5, 0.6) is 0 Å². The molecule has 2 unspecified atom stereocenters. The molecule has 0 amide bonds. The summed E-state index contributed by atoms with van der Waals surface area (Å²) in [6.45, 7) is 9.47. The smallest absolute Gasteiger partial charge is 0.0237 e. The molecule has 0 aromatic heterocycles. The second kappa shape index (κ2) is 8.30. The Hall–Kier alpha value is -0.860. The highest BCUT2D eigenvalue weighted by Gasteiger charge is 2.25. The van der Waals surface area contributed by atoms with Crippen molar-refractivity contribution in [2.24, 2.45) is 11.8 Å². The largest absolute Gasteiger partial charge is 0.312 e. The summed E-state index contributed by atoms with van der Waals surface area (Å²) in [4.78, 5) is 2.66. The maximum Gasteiger partial charge on any atom is 0.0237 e. The van der Waals surface area contributed by atoms with Crippen molar-refractivity contribution in [3.63, 3.8) is 0 Å². The van der Waals surface area contributed by atoms with Crippen LogP contribution in [0.15, 0.2) is 24.3 Å². The fraction of sp³-hybridized carbons (Fsp3) is 0.714. The highest BCUT2D eigenvalue weighted by Crippen LogP contribution is 2.24. The van der Waals surface area contributed by atoms with Crippen LogP contribution in [0.2, 0.25) is 0 Å². The molecule has 128 valence electrons. The molecule has 1 heterocycles. The molecule has 0 bridgehead atoms. The number of rotatable bonds is 5. The number of nitrogens with zero attached hydrogens (tertiary/aromatic N) is 1. The Morgan fingerprint density at radius 3 is 2.65 bits per heavy atom. The fourth-order valence-electron chi connectivity index (χ4n) is 4.49. The molecule has 1 saturated carbocycles. The van der Waals surface area contributed by atoms with E-state index in [9.17, 15) is 0 Å². The Bertz CT molecular complexity index is 478. The van der Waals surface area contributed by atoms with Gasteiger partial charge in [-0.1, -0.05) is 50.5 Å². The van der Waals surface area contributed by atoms with E-state index in [1.807, 2.05) is 0 Å². The highest BCUT2D eigenvalue weighted by molar-refractivity contribution is 5.25. The molecule has 0 spiro atoms. The van der Waals surface area contributed by atoms with Crippen LogP contribution < -0.4 is 5.32 Å². The summed E-state index contributed by atoms with van der Waals surface area (Å²) in [5.74, 6) is 1.74. The molecule has 2 nitrogen and oxygen atoms in total. The molecule has 1 aromatic carbocycles. The molecular formula is C21H34N2. The SMILES string of the molecule is Cc1ccccc1CN1CC(C)CC(NCC2CCCCC2)C1. The van der Waals surface area contributed by atoms with E-state index in [4.69, 9.17) is 0 Å². The van der Waals surface area contributed by atoms with Crippen molar-refractivity contribution in [2.75, 3.05) is 19.6 Å². The molecule has 2 heteroatoms. The van der Waals surface area contributed by atoms with E-state index in [2.05, 4.69) is 48.3 Å². The molecule has 1 N–H and O–H groups in total. The van der Waals surface area contributed by atoms with Gasteiger partial charge in [-0.25, -0.2) is 0 Å². The number of nitrogens with one attached hydrogen (secondary N) is 1. The van der Waals surface area contributed by atoms with Crippen LogP contribution in [0, 0.1) is 18.8 Å². The van der Waals surface area contributed by atoms with Crippen LogP contribution in [-0.4, -0.2) is 30.6 Å². The third-order valence-electron chi connectivity index (χ3n) is 5.81. The van der Waals surface area contributed by atoms with Gasteiger partial charge in [0.15, 0.2) is 0 Å². The Morgan fingerprint density at radius 1 is 1.09 bits per heavy atom. The van der Waals surface area contributed by atoms with Gasteiger partial charge in [-0.05, 0) is 55.7 Å². The third-order valence-corrected chi connectivity index (χ3v) is 5.81. The second-order valence-corrected chi connectivity index (χ2v) is 8.07. The lowest BCUT2D eigenvalue weighted by molar-refractivity contribution is 0.138. The first-order chi connectivity index (χ1) is 11.2. The van der Waals surface area contributed by atoms with Gasteiger partial charge in [0.1, 0.15) is 0 Å². The topological polar surface area (TPSA) is 15.3 Å². The van der Waals surface area contributed by atoms with Gasteiger partial charge in [-0.2, -0.15) is 0 Å². The van der Waals surface area contributed by atoms with E-state index in [0.29, 0.717) is 6.04 Å². The molecule has 0 radical (unpaired) electrons. The minimum absolute atomic E-state index is 0.685. The van der Waals surface area contributed by atoms with Crippen molar-refractivity contribution in [3.05, 3.63) is 35.4 Å². The summed E-state index contributed by atoms with van der Waals surface area (Å²) in [6.07, 6.45) is 8.60. The molecule has 1 aliphatic heterocycles. The summed E-state index contributed by atoms with van der Waals surface area (Å²) < 4.78 is 0. The van der Waals surface area contributed by atoms with Crippen molar-refractivity contribution in [1.29, 1.82) is 0 Å². The second-order valence-electron chi connectivity index (χ2n) is 8.07. The van der Waals surface area contributed by atoms with E-state index in [-0.39, 0.29) is 0 Å². The Labute approximate surface area is 142 Å². The molecular weight excluding hydrogens is 280 g/mol. The molecule has 2 atom stereocenters. The molecule has 23 heavy (non-hydrogen) atoms. The van der Waals surface area contributed by atoms with Crippen LogP contribution in [0.4, 0.5) is 0 Å². The minimum Gasteiger partial charge on any atom is -0.312 e. The number of piperidine rings is 1. The lowest BCUT2D eigenvalue weighted by atomic mass is 9.88. The first-order valence-electron chi connectivity index (χ1n) is 9.71. The van der Waals surface area contributed by atoms with Crippen molar-refractivity contribution in [1.82, 2.24) is 10.2 Å². The Morgan fingerprint density at radius 2 is 1.87 bits per heavy atom. The van der Waals surface area contributed by atoms with Gasteiger partial charge < -0.3 is 5.32 Å². The zero-order chi connectivity index (χ0) is 16.1. The van der Waals surface area contributed by atoms with E-state index in [1.54, 1.807) is 0 Å². The minimum atomic E-state index is 0.685. The predicted molar refractivity (Wildman–Crippen MR) is 98.6 cm³/mol. The summed E-state index contributed by atoms with van der Waals surface area (Å²) in [6, 6.07) is 9.53. The van der Waals surface area contributed by atoms with Crippen LogP contribution >= 0.6 is 0 Å². The fourth-order valence-corrected chi connectivity index (χ4v) is 4.49. The maximum atomic E-state index is 3.91. The summed E-state index contributed by atoms with van der Waals surface area (Å²) in [5.41, 5.74) is 2.92. The molecule has 3 rings (SSSR count). The van der Waals surface area contributed by atoms with Crippen molar-refractivity contribution >= 4 is 0 Å². The van der Waals surface area contributed by atoms with Crippen molar-refractivity contribution in [2.45, 2.75) is 65.0 Å². The number of likely N-dealkylation sites (tertiary alicyclic amines) is 1. The number of benzene rings is 1. The first kappa shape index (κ1) is 17.0. The zero-order valence-electron chi connectivity index (χ0n) is 15.1. The van der Waals surface area contributed by atoms with E-state index >= 15 is 0 Å². The monoisotopic (exact) mass is 314 g/mol. The Balaban J connectivity index is 1.51. The first-order valence-corrected chi connectivity index (χ1v) is 9.71. The molecule has 1 aromatic rings. The third kappa shape index (κ3) is 5.06. The van der Waals surface area contributed by atoms with Gasteiger partial charge >= 0.3 is 0 Å². The summed E-state index contributed by atoms with van der Waals surface area (Å²) >= 11 is 0. The van der Waals surface area contributed by atoms with Gasteiger partial charge in [-0.3, -0.25) is 4.90 Å². The van der Waals surface area contributed by atoms with Crippen molar-refractivity contribution < 1.29 is 0 Å². The van der Waals surface area contributed by atoms with Crippen LogP contribution in [0.1, 0.15) is 56.6 Å². The molecule has 2 fully saturated rings. The highest BCUT2D eigenvalue weighted by atomic mass is 15.2. The van der Waals surface area contributed by atoms with Crippen LogP contribution in [-0.2, 0) is 6.54 Å². The number of hydrogen-bond acceptors (Lipinski definition) is 2. The lowest BCUT2D eigenvalue weighted by Gasteiger charge is -2.38. The molecule has 1 aliphatic carbocycles. The summed E-state index contributed by atoms with van der Waals surface area (Å²) in [7, 11) is 0.